The number of sulfonamides is 1. The van der Waals surface area contributed by atoms with Crippen molar-refractivity contribution >= 4 is 50.7 Å². The molecule has 1 N–H and O–H groups in total. The number of halogens is 2. The number of carbonyl (C=O) groups is 2. The molecular formula is C35H37Cl2N3O5S. The minimum absolute atomic E-state index is 0.0242. The van der Waals surface area contributed by atoms with Crippen LogP contribution in [0.15, 0.2) is 102 Å². The number of rotatable bonds is 13. The molecule has 242 valence electrons. The predicted octanol–water partition coefficient (Wildman–Crippen LogP) is 6.67. The molecule has 0 aliphatic rings. The normalized spacial score (nSPS) is 12.0. The van der Waals surface area contributed by atoms with E-state index in [1.165, 1.54) is 24.1 Å². The Bertz CT molecular complexity index is 1750. The first-order valence-electron chi connectivity index (χ1n) is 14.7. The van der Waals surface area contributed by atoms with Crippen LogP contribution in [0, 0.1) is 6.92 Å². The highest BCUT2D eigenvalue weighted by molar-refractivity contribution is 7.92. The Morgan fingerprint density at radius 2 is 1.50 bits per heavy atom. The molecule has 0 fully saturated rings. The molecule has 0 aliphatic carbocycles. The van der Waals surface area contributed by atoms with Gasteiger partial charge in [0.15, 0.2) is 0 Å². The first kappa shape index (κ1) is 34.8. The quantitative estimate of drug-likeness (QED) is 0.170. The summed E-state index contributed by atoms with van der Waals surface area (Å²) in [6.45, 7) is 4.92. The Hall–Kier alpha value is -4.05. The highest BCUT2D eigenvalue weighted by Gasteiger charge is 2.35. The van der Waals surface area contributed by atoms with Crippen LogP contribution in [0.1, 0.15) is 30.5 Å². The van der Waals surface area contributed by atoms with Crippen LogP contribution in [0.25, 0.3) is 0 Å². The molecule has 0 bridgehead atoms. The summed E-state index contributed by atoms with van der Waals surface area (Å²) in [5, 5.41) is 3.57. The largest absolute Gasteiger partial charge is 0.497 e. The first-order chi connectivity index (χ1) is 21.9. The number of nitrogens with one attached hydrogen (secondary N) is 1. The second-order valence-electron chi connectivity index (χ2n) is 11.2. The number of ether oxygens (including phenoxy) is 1. The van der Waals surface area contributed by atoms with Gasteiger partial charge in [0.1, 0.15) is 18.3 Å². The molecule has 1 atom stereocenters. The molecule has 2 amide bonds. The smallest absolute Gasteiger partial charge is 0.264 e. The number of hydrogen-bond acceptors (Lipinski definition) is 5. The fourth-order valence-electron chi connectivity index (χ4n) is 4.88. The van der Waals surface area contributed by atoms with Gasteiger partial charge in [0.25, 0.3) is 10.0 Å². The van der Waals surface area contributed by atoms with Crippen LogP contribution >= 0.6 is 23.2 Å². The lowest BCUT2D eigenvalue weighted by Crippen LogP contribution is -2.54. The number of methoxy groups -OCH3 is 1. The van der Waals surface area contributed by atoms with Crippen molar-refractivity contribution in [3.05, 3.63) is 124 Å². The van der Waals surface area contributed by atoms with Gasteiger partial charge in [-0.05, 0) is 80.4 Å². The van der Waals surface area contributed by atoms with Crippen molar-refractivity contribution in [1.29, 1.82) is 0 Å². The van der Waals surface area contributed by atoms with E-state index >= 15 is 0 Å². The molecule has 4 aromatic rings. The van der Waals surface area contributed by atoms with Crippen molar-refractivity contribution in [3.63, 3.8) is 0 Å². The zero-order chi connectivity index (χ0) is 33.4. The van der Waals surface area contributed by atoms with Gasteiger partial charge in [0.2, 0.25) is 11.8 Å². The molecule has 11 heteroatoms. The van der Waals surface area contributed by atoms with Crippen LogP contribution in [0.4, 0.5) is 5.69 Å². The van der Waals surface area contributed by atoms with Crippen LogP contribution in [0.3, 0.4) is 0 Å². The third kappa shape index (κ3) is 8.81. The first-order valence-corrected chi connectivity index (χ1v) is 16.9. The highest BCUT2D eigenvalue weighted by Crippen LogP contribution is 2.28. The molecule has 46 heavy (non-hydrogen) atoms. The Labute approximate surface area is 280 Å². The third-order valence-electron chi connectivity index (χ3n) is 7.29. The number of amides is 2. The molecule has 0 unspecified atom stereocenters. The van der Waals surface area contributed by atoms with Crippen molar-refractivity contribution in [2.75, 3.05) is 18.0 Å². The van der Waals surface area contributed by atoms with E-state index in [0.29, 0.717) is 21.4 Å². The lowest BCUT2D eigenvalue weighted by Gasteiger charge is -2.34. The summed E-state index contributed by atoms with van der Waals surface area (Å²) in [5.41, 5.74) is 2.60. The zero-order valence-corrected chi connectivity index (χ0v) is 28.4. The SMILES string of the molecule is COc1ccc(N(CC(=O)N(Cc2ccc(Cl)c(Cl)c2)[C@@H](Cc2ccccc2)C(=O)NC(C)C)S(=O)(=O)c2ccc(C)cc2)cc1. The van der Waals surface area contributed by atoms with Gasteiger partial charge in [-0.25, -0.2) is 8.42 Å². The Morgan fingerprint density at radius 1 is 0.848 bits per heavy atom. The maximum Gasteiger partial charge on any atom is 0.264 e. The van der Waals surface area contributed by atoms with Gasteiger partial charge < -0.3 is 15.0 Å². The van der Waals surface area contributed by atoms with Gasteiger partial charge >= 0.3 is 0 Å². The number of anilines is 1. The van der Waals surface area contributed by atoms with E-state index in [9.17, 15) is 18.0 Å². The minimum Gasteiger partial charge on any atom is -0.497 e. The average molecular weight is 683 g/mol. The van der Waals surface area contributed by atoms with Crippen molar-refractivity contribution in [2.24, 2.45) is 0 Å². The molecule has 0 aromatic heterocycles. The highest BCUT2D eigenvalue weighted by atomic mass is 35.5. The maximum atomic E-state index is 14.5. The molecule has 0 aliphatic heterocycles. The van der Waals surface area contributed by atoms with Crippen molar-refractivity contribution < 1.29 is 22.7 Å². The molecule has 0 heterocycles. The second kappa shape index (κ2) is 15.5. The topological polar surface area (TPSA) is 96.0 Å². The van der Waals surface area contributed by atoms with Crippen molar-refractivity contribution in [2.45, 2.75) is 50.7 Å². The van der Waals surface area contributed by atoms with Gasteiger partial charge in [-0.15, -0.1) is 0 Å². The van der Waals surface area contributed by atoms with Crippen LogP contribution in [-0.4, -0.2) is 50.9 Å². The second-order valence-corrected chi connectivity index (χ2v) is 13.8. The molecule has 0 saturated heterocycles. The predicted molar refractivity (Wildman–Crippen MR) is 183 cm³/mol. The minimum atomic E-state index is -4.22. The van der Waals surface area contributed by atoms with Gasteiger partial charge in [-0.2, -0.15) is 0 Å². The van der Waals surface area contributed by atoms with E-state index in [-0.39, 0.29) is 35.5 Å². The van der Waals surface area contributed by atoms with E-state index in [4.69, 9.17) is 27.9 Å². The standard InChI is InChI=1S/C35H37Cl2N3O5S/c1-24(2)38-35(42)33(21-26-8-6-5-7-9-26)39(22-27-12-19-31(36)32(37)20-27)34(41)23-40(28-13-15-29(45-4)16-14-28)46(43,44)30-17-10-25(3)11-18-30/h5-20,24,33H,21-23H2,1-4H3,(H,38,42)/t33-/m0/s1. The number of benzene rings is 4. The number of carbonyl (C=O) groups excluding carboxylic acids is 2. The Balaban J connectivity index is 1.82. The summed E-state index contributed by atoms with van der Waals surface area (Å²) in [5.74, 6) is -0.431. The third-order valence-corrected chi connectivity index (χ3v) is 9.81. The molecule has 0 saturated carbocycles. The fraction of sp³-hybridized carbons (Fsp3) is 0.257. The van der Waals surface area contributed by atoms with E-state index in [1.807, 2.05) is 51.1 Å². The fourth-order valence-corrected chi connectivity index (χ4v) is 6.62. The maximum absolute atomic E-state index is 14.5. The van der Waals surface area contributed by atoms with Gasteiger partial charge in [0, 0.05) is 19.0 Å². The van der Waals surface area contributed by atoms with Gasteiger partial charge in [-0.1, -0.05) is 77.3 Å². The van der Waals surface area contributed by atoms with Crippen molar-refractivity contribution in [3.8, 4) is 5.75 Å². The number of nitrogens with zero attached hydrogens (tertiary/aromatic N) is 2. The van der Waals surface area contributed by atoms with Gasteiger partial charge in [-0.3, -0.25) is 13.9 Å². The van der Waals surface area contributed by atoms with E-state index in [2.05, 4.69) is 5.32 Å². The van der Waals surface area contributed by atoms with E-state index in [0.717, 1.165) is 15.4 Å². The molecule has 0 spiro atoms. The molecular weight excluding hydrogens is 645 g/mol. The summed E-state index contributed by atoms with van der Waals surface area (Å²) in [4.78, 5) is 29.7. The summed E-state index contributed by atoms with van der Waals surface area (Å²) in [6.07, 6.45) is 0.194. The summed E-state index contributed by atoms with van der Waals surface area (Å²) in [6, 6.07) is 25.9. The van der Waals surface area contributed by atoms with E-state index in [1.54, 1.807) is 54.6 Å². The summed E-state index contributed by atoms with van der Waals surface area (Å²) in [7, 11) is -2.71. The van der Waals surface area contributed by atoms with Crippen molar-refractivity contribution in [1.82, 2.24) is 10.2 Å². The summed E-state index contributed by atoms with van der Waals surface area (Å²) >= 11 is 12.5. The number of hydrogen-bond donors (Lipinski definition) is 1. The average Bonchev–Trinajstić information content (AvgIpc) is 3.03. The molecule has 4 rings (SSSR count). The van der Waals surface area contributed by atoms with Gasteiger partial charge in [0.05, 0.1) is 27.7 Å². The monoisotopic (exact) mass is 681 g/mol. The Kier molecular flexibility index (Phi) is 11.7. The Morgan fingerprint density at radius 3 is 2.09 bits per heavy atom. The molecule has 8 nitrogen and oxygen atoms in total. The van der Waals surface area contributed by atoms with Crippen LogP contribution in [0.2, 0.25) is 10.0 Å². The lowest BCUT2D eigenvalue weighted by atomic mass is 10.0. The van der Waals surface area contributed by atoms with Crippen LogP contribution in [0.5, 0.6) is 5.75 Å². The van der Waals surface area contributed by atoms with E-state index < -0.39 is 28.5 Å². The number of aryl methyl sites for hydroxylation is 1. The molecule has 0 radical (unpaired) electrons. The van der Waals surface area contributed by atoms with Crippen LogP contribution < -0.4 is 14.4 Å². The summed E-state index contributed by atoms with van der Waals surface area (Å²) < 4.78 is 34.6. The van der Waals surface area contributed by atoms with Crippen LogP contribution in [-0.2, 0) is 32.6 Å². The molecule has 4 aromatic carbocycles. The lowest BCUT2D eigenvalue weighted by molar-refractivity contribution is -0.140. The zero-order valence-electron chi connectivity index (χ0n) is 26.1.